The molecule has 0 N–H and O–H groups in total. The molecule has 92 valence electrons. The van der Waals surface area contributed by atoms with Crippen LogP contribution in [-0.2, 0) is 14.3 Å². The van der Waals surface area contributed by atoms with Crippen LogP contribution in [0.2, 0.25) is 0 Å². The van der Waals surface area contributed by atoms with Crippen LogP contribution in [0.15, 0.2) is 11.6 Å². The van der Waals surface area contributed by atoms with Gasteiger partial charge in [-0.05, 0) is 31.8 Å². The minimum atomic E-state index is -0.277. The third-order valence-electron chi connectivity index (χ3n) is 3.12. The van der Waals surface area contributed by atoms with E-state index in [1.54, 1.807) is 13.0 Å². The zero-order valence-corrected chi connectivity index (χ0v) is 10.5. The number of ether oxygens (including phenoxy) is 2. The van der Waals surface area contributed by atoms with Crippen molar-refractivity contribution in [1.82, 2.24) is 0 Å². The predicted molar refractivity (Wildman–Crippen MR) is 63.1 cm³/mol. The van der Waals surface area contributed by atoms with Gasteiger partial charge in [0.2, 0.25) is 0 Å². The second-order valence-corrected chi connectivity index (χ2v) is 4.61. The molecule has 1 saturated carbocycles. The van der Waals surface area contributed by atoms with Crippen LogP contribution >= 0.6 is 0 Å². The predicted octanol–water partition coefficient (Wildman–Crippen LogP) is 2.70. The first kappa shape index (κ1) is 13.2. The highest BCUT2D eigenvalue weighted by molar-refractivity contribution is 5.87. The number of hydrogen-bond acceptors (Lipinski definition) is 3. The van der Waals surface area contributed by atoms with Gasteiger partial charge >= 0.3 is 5.97 Å². The molecule has 0 amide bonds. The van der Waals surface area contributed by atoms with E-state index in [9.17, 15) is 4.79 Å². The van der Waals surface area contributed by atoms with Crippen LogP contribution in [0.25, 0.3) is 0 Å². The second-order valence-electron chi connectivity index (χ2n) is 4.61. The number of rotatable bonds is 4. The van der Waals surface area contributed by atoms with E-state index in [1.807, 2.05) is 0 Å². The average Bonchev–Trinajstić information content (AvgIpc) is 2.28. The van der Waals surface area contributed by atoms with Gasteiger partial charge in [0.15, 0.2) is 0 Å². The largest absolute Gasteiger partial charge is 0.466 e. The van der Waals surface area contributed by atoms with E-state index in [2.05, 4.69) is 11.7 Å². The maximum Gasteiger partial charge on any atom is 0.333 e. The van der Waals surface area contributed by atoms with E-state index in [4.69, 9.17) is 4.74 Å². The molecule has 1 fully saturated rings. The van der Waals surface area contributed by atoms with Gasteiger partial charge in [0.25, 0.3) is 0 Å². The fraction of sp³-hybridized carbons (Fsp3) is 0.769. The third kappa shape index (κ3) is 4.35. The molecule has 0 aromatic heterocycles. The van der Waals surface area contributed by atoms with Gasteiger partial charge in [-0.1, -0.05) is 19.8 Å². The quantitative estimate of drug-likeness (QED) is 0.546. The number of methoxy groups -OCH3 is 1. The molecule has 1 aliphatic rings. The number of hydrogen-bond donors (Lipinski definition) is 0. The topological polar surface area (TPSA) is 35.5 Å². The summed E-state index contributed by atoms with van der Waals surface area (Å²) in [6, 6.07) is 0. The lowest BCUT2D eigenvalue weighted by Crippen LogP contribution is -2.21. The van der Waals surface area contributed by atoms with Crippen LogP contribution in [0.1, 0.15) is 39.5 Å². The number of carbonyl (C=O) groups excluding carboxylic acids is 1. The molecular formula is C13H22O3. The molecule has 0 spiro atoms. The smallest absolute Gasteiger partial charge is 0.333 e. The van der Waals surface area contributed by atoms with Gasteiger partial charge in [-0.2, -0.15) is 0 Å². The Hall–Kier alpha value is -0.830. The van der Waals surface area contributed by atoms with Crippen LogP contribution in [0.5, 0.6) is 0 Å². The van der Waals surface area contributed by atoms with Crippen molar-refractivity contribution >= 4 is 5.97 Å². The molecule has 0 aromatic rings. The van der Waals surface area contributed by atoms with Crippen LogP contribution in [-0.4, -0.2) is 25.8 Å². The average molecular weight is 226 g/mol. The Kier molecular flexibility index (Phi) is 5.53. The van der Waals surface area contributed by atoms with Crippen LogP contribution < -0.4 is 0 Å². The number of esters is 1. The Balaban J connectivity index is 2.26. The van der Waals surface area contributed by atoms with Crippen molar-refractivity contribution in [3.63, 3.8) is 0 Å². The van der Waals surface area contributed by atoms with E-state index in [-0.39, 0.29) is 5.97 Å². The monoisotopic (exact) mass is 226 g/mol. The van der Waals surface area contributed by atoms with Crippen LogP contribution in [0.4, 0.5) is 0 Å². The lowest BCUT2D eigenvalue weighted by molar-refractivity contribution is -0.136. The molecule has 0 aromatic carbocycles. The summed E-state index contributed by atoms with van der Waals surface area (Å²) in [6.45, 7) is 4.53. The second kappa shape index (κ2) is 6.69. The van der Waals surface area contributed by atoms with Gasteiger partial charge < -0.3 is 9.47 Å². The van der Waals surface area contributed by atoms with E-state index in [1.165, 1.54) is 20.0 Å². The Labute approximate surface area is 97.8 Å². The van der Waals surface area contributed by atoms with Crippen molar-refractivity contribution in [1.29, 1.82) is 0 Å². The van der Waals surface area contributed by atoms with Crippen molar-refractivity contribution < 1.29 is 14.3 Å². The molecule has 0 radical (unpaired) electrons. The molecule has 0 bridgehead atoms. The summed E-state index contributed by atoms with van der Waals surface area (Å²) in [5.74, 6) is 0.491. The maximum atomic E-state index is 11.1. The SMILES string of the molecule is COC(=O)C(C)=CCOC1CCCC(C)C1. The summed E-state index contributed by atoms with van der Waals surface area (Å²) < 4.78 is 10.3. The Morgan fingerprint density at radius 1 is 1.44 bits per heavy atom. The summed E-state index contributed by atoms with van der Waals surface area (Å²) in [5.41, 5.74) is 0.617. The molecule has 16 heavy (non-hydrogen) atoms. The molecule has 2 atom stereocenters. The third-order valence-corrected chi connectivity index (χ3v) is 3.12. The van der Waals surface area contributed by atoms with Crippen molar-refractivity contribution in [3.8, 4) is 0 Å². The van der Waals surface area contributed by atoms with Crippen molar-refractivity contribution in [2.24, 2.45) is 5.92 Å². The normalized spacial score (nSPS) is 26.6. The van der Waals surface area contributed by atoms with Gasteiger partial charge in [-0.3, -0.25) is 0 Å². The molecule has 1 rings (SSSR count). The minimum absolute atomic E-state index is 0.277. The summed E-state index contributed by atoms with van der Waals surface area (Å²) in [6.07, 6.45) is 7.03. The van der Waals surface area contributed by atoms with E-state index >= 15 is 0 Å². The van der Waals surface area contributed by atoms with Crippen molar-refractivity contribution in [2.75, 3.05) is 13.7 Å². The van der Waals surface area contributed by atoms with Gasteiger partial charge in [0.05, 0.1) is 19.8 Å². The summed E-state index contributed by atoms with van der Waals surface area (Å²) >= 11 is 0. The van der Waals surface area contributed by atoms with Crippen molar-refractivity contribution in [3.05, 3.63) is 11.6 Å². The Morgan fingerprint density at radius 3 is 2.81 bits per heavy atom. The first-order chi connectivity index (χ1) is 7.63. The summed E-state index contributed by atoms with van der Waals surface area (Å²) in [4.78, 5) is 11.1. The molecule has 0 saturated heterocycles. The minimum Gasteiger partial charge on any atom is -0.466 e. The Bertz CT molecular complexity index is 258. The van der Waals surface area contributed by atoms with E-state index in [0.29, 0.717) is 18.3 Å². The van der Waals surface area contributed by atoms with Gasteiger partial charge in [0, 0.05) is 5.57 Å². The van der Waals surface area contributed by atoms with Crippen LogP contribution in [0.3, 0.4) is 0 Å². The van der Waals surface area contributed by atoms with Gasteiger partial charge in [0.1, 0.15) is 0 Å². The zero-order chi connectivity index (χ0) is 12.0. The van der Waals surface area contributed by atoms with Crippen LogP contribution in [0, 0.1) is 5.92 Å². The highest BCUT2D eigenvalue weighted by atomic mass is 16.5. The van der Waals surface area contributed by atoms with E-state index in [0.717, 1.165) is 18.8 Å². The molecule has 0 aliphatic heterocycles. The molecule has 3 heteroatoms. The van der Waals surface area contributed by atoms with E-state index < -0.39 is 0 Å². The highest BCUT2D eigenvalue weighted by Gasteiger charge is 2.18. The first-order valence-electron chi connectivity index (χ1n) is 6.00. The first-order valence-corrected chi connectivity index (χ1v) is 6.00. The molecule has 0 heterocycles. The standard InChI is InChI=1S/C13H22O3/c1-10-5-4-6-12(9-10)16-8-7-11(2)13(14)15-3/h7,10,12H,4-6,8-9H2,1-3H3. The van der Waals surface area contributed by atoms with Gasteiger partial charge in [-0.15, -0.1) is 0 Å². The number of carbonyl (C=O) groups is 1. The fourth-order valence-electron chi connectivity index (χ4n) is 2.08. The summed E-state index contributed by atoms with van der Waals surface area (Å²) in [7, 11) is 1.39. The highest BCUT2D eigenvalue weighted by Crippen LogP contribution is 2.25. The maximum absolute atomic E-state index is 11.1. The Morgan fingerprint density at radius 2 is 2.19 bits per heavy atom. The lowest BCUT2D eigenvalue weighted by atomic mass is 9.89. The zero-order valence-electron chi connectivity index (χ0n) is 10.5. The molecule has 1 aliphatic carbocycles. The molecule has 3 nitrogen and oxygen atoms in total. The summed E-state index contributed by atoms with van der Waals surface area (Å²) in [5, 5.41) is 0. The van der Waals surface area contributed by atoms with Gasteiger partial charge in [-0.25, -0.2) is 4.79 Å². The van der Waals surface area contributed by atoms with Crippen molar-refractivity contribution in [2.45, 2.75) is 45.6 Å². The fourth-order valence-corrected chi connectivity index (χ4v) is 2.08. The molecule has 2 unspecified atom stereocenters. The molecular weight excluding hydrogens is 204 g/mol. The lowest BCUT2D eigenvalue weighted by Gasteiger charge is -2.26.